The molecule has 0 unspecified atom stereocenters. The molecule has 122 valence electrons. The fraction of sp³-hybridized carbons (Fsp3) is 0.583. The van der Waals surface area contributed by atoms with Gasteiger partial charge >= 0.3 is 6.18 Å². The Kier molecular flexibility index (Phi) is 4.69. The largest absolute Gasteiger partial charge is 0.435 e. The third-order valence-electron chi connectivity index (χ3n) is 2.99. The van der Waals surface area contributed by atoms with Gasteiger partial charge in [0.25, 0.3) is 5.91 Å². The van der Waals surface area contributed by atoms with Gasteiger partial charge in [-0.25, -0.2) is 5.06 Å². The van der Waals surface area contributed by atoms with Crippen molar-refractivity contribution in [1.29, 1.82) is 0 Å². The molecule has 0 bridgehead atoms. The van der Waals surface area contributed by atoms with Crippen LogP contribution in [0.2, 0.25) is 0 Å². The molecule has 2 rings (SSSR count). The monoisotopic (exact) mass is 320 g/mol. The molecule has 1 aromatic rings. The molecule has 0 saturated carbocycles. The van der Waals surface area contributed by atoms with Crippen LogP contribution in [0, 0.1) is 0 Å². The Morgan fingerprint density at radius 2 is 2.18 bits per heavy atom. The lowest BCUT2D eigenvalue weighted by molar-refractivity contribution is -0.168. The van der Waals surface area contributed by atoms with E-state index in [1.54, 1.807) is 0 Å². The number of carbonyl (C=O) groups is 2. The number of alkyl halides is 3. The van der Waals surface area contributed by atoms with Crippen LogP contribution in [-0.4, -0.2) is 46.4 Å². The molecule has 1 aromatic heterocycles. The van der Waals surface area contributed by atoms with E-state index in [1.165, 1.54) is 7.05 Å². The van der Waals surface area contributed by atoms with Gasteiger partial charge in [-0.05, 0) is 6.42 Å². The Hall–Kier alpha value is -2.10. The Morgan fingerprint density at radius 1 is 1.45 bits per heavy atom. The summed E-state index contributed by atoms with van der Waals surface area (Å²) in [5, 5.41) is 6.72. The van der Waals surface area contributed by atoms with Crippen LogP contribution in [0.25, 0.3) is 0 Å². The molecule has 0 aliphatic carbocycles. The molecule has 1 fully saturated rings. The molecule has 2 heterocycles. The van der Waals surface area contributed by atoms with E-state index in [0.717, 1.165) is 15.9 Å². The summed E-state index contributed by atoms with van der Waals surface area (Å²) < 4.78 is 39.2. The number of carbonyl (C=O) groups excluding carboxylic acids is 2. The summed E-state index contributed by atoms with van der Waals surface area (Å²) in [5.41, 5.74) is -1.34. The van der Waals surface area contributed by atoms with Gasteiger partial charge in [-0.15, -0.1) is 0 Å². The molecule has 1 N–H and O–H groups in total. The number of hydroxylamine groups is 2. The van der Waals surface area contributed by atoms with E-state index in [2.05, 4.69) is 10.4 Å². The molecule has 0 radical (unpaired) electrons. The van der Waals surface area contributed by atoms with Crippen LogP contribution in [0.3, 0.4) is 0 Å². The Labute approximate surface area is 124 Å². The summed E-state index contributed by atoms with van der Waals surface area (Å²) in [6.07, 6.45) is -3.29. The first kappa shape index (κ1) is 16.3. The molecule has 0 spiro atoms. The molecule has 0 aromatic carbocycles. The van der Waals surface area contributed by atoms with E-state index >= 15 is 0 Å². The van der Waals surface area contributed by atoms with Crippen LogP contribution in [0.1, 0.15) is 17.7 Å². The zero-order chi connectivity index (χ0) is 16.3. The van der Waals surface area contributed by atoms with Crippen molar-refractivity contribution in [2.75, 3.05) is 19.7 Å². The second kappa shape index (κ2) is 6.34. The number of hydrogen-bond donors (Lipinski definition) is 1. The number of nitrogens with one attached hydrogen (secondary N) is 1. The minimum atomic E-state index is -4.63. The molecule has 7 nitrogen and oxygen atoms in total. The predicted octanol–water partition coefficient (Wildman–Crippen LogP) is 0.261. The highest BCUT2D eigenvalue weighted by Crippen LogP contribution is 2.30. The van der Waals surface area contributed by atoms with Gasteiger partial charge in [-0.2, -0.15) is 18.3 Å². The third kappa shape index (κ3) is 3.97. The number of aryl methyl sites for hydroxylation is 1. The lowest BCUT2D eigenvalue weighted by atomic mass is 10.1. The highest BCUT2D eigenvalue weighted by Gasteiger charge is 2.37. The van der Waals surface area contributed by atoms with E-state index in [0.29, 0.717) is 19.6 Å². The number of halogens is 3. The summed E-state index contributed by atoms with van der Waals surface area (Å²) in [6, 6.07) is 0. The zero-order valence-corrected chi connectivity index (χ0v) is 11.8. The highest BCUT2D eigenvalue weighted by molar-refractivity contribution is 5.85. The fourth-order valence-corrected chi connectivity index (χ4v) is 2.05. The average molecular weight is 320 g/mol. The maximum Gasteiger partial charge on any atom is 0.435 e. The van der Waals surface area contributed by atoms with Crippen molar-refractivity contribution in [2.45, 2.75) is 19.0 Å². The maximum atomic E-state index is 12.7. The summed E-state index contributed by atoms with van der Waals surface area (Å²) in [5.74, 6) is -1.13. The van der Waals surface area contributed by atoms with E-state index in [9.17, 15) is 22.8 Å². The van der Waals surface area contributed by atoms with Gasteiger partial charge in [-0.1, -0.05) is 0 Å². The first-order valence-electron chi connectivity index (χ1n) is 6.57. The van der Waals surface area contributed by atoms with Gasteiger partial charge in [-0.3, -0.25) is 19.1 Å². The first-order chi connectivity index (χ1) is 10.3. The molecule has 1 aliphatic rings. The Balaban J connectivity index is 1.91. The van der Waals surface area contributed by atoms with Crippen LogP contribution in [0.5, 0.6) is 0 Å². The predicted molar refractivity (Wildman–Crippen MR) is 67.2 cm³/mol. The van der Waals surface area contributed by atoms with Gasteiger partial charge in [0.05, 0.1) is 26.1 Å². The molecule has 10 heteroatoms. The standard InChI is InChI=1S/C12H15F3N4O3/c1-18-7-8(11(17-18)12(13,14)15)5-9(20)16-6-10(21)19-3-2-4-22-19/h7H,2-6H2,1H3,(H,16,20). The van der Waals surface area contributed by atoms with Crippen LogP contribution >= 0.6 is 0 Å². The summed E-state index contributed by atoms with van der Waals surface area (Å²) in [4.78, 5) is 28.3. The van der Waals surface area contributed by atoms with Crippen molar-refractivity contribution in [3.63, 3.8) is 0 Å². The number of aromatic nitrogens is 2. The summed E-state index contributed by atoms with van der Waals surface area (Å²) >= 11 is 0. The van der Waals surface area contributed by atoms with Crippen molar-refractivity contribution < 1.29 is 27.6 Å². The molecule has 22 heavy (non-hydrogen) atoms. The second-order valence-corrected chi connectivity index (χ2v) is 4.81. The number of rotatable bonds is 4. The quantitative estimate of drug-likeness (QED) is 0.863. The van der Waals surface area contributed by atoms with E-state index < -0.39 is 30.1 Å². The van der Waals surface area contributed by atoms with E-state index in [4.69, 9.17) is 4.84 Å². The molecular formula is C12H15F3N4O3. The first-order valence-corrected chi connectivity index (χ1v) is 6.57. The van der Waals surface area contributed by atoms with Gasteiger partial charge in [0.15, 0.2) is 5.69 Å². The van der Waals surface area contributed by atoms with Crippen LogP contribution in [0.4, 0.5) is 13.2 Å². The van der Waals surface area contributed by atoms with Gasteiger partial charge in [0, 0.05) is 18.8 Å². The minimum absolute atomic E-state index is 0.239. The zero-order valence-electron chi connectivity index (χ0n) is 11.8. The second-order valence-electron chi connectivity index (χ2n) is 4.81. The molecule has 1 aliphatic heterocycles. The molecular weight excluding hydrogens is 305 g/mol. The molecule has 2 amide bonds. The van der Waals surface area contributed by atoms with E-state index in [1.807, 2.05) is 0 Å². The van der Waals surface area contributed by atoms with Crippen molar-refractivity contribution in [2.24, 2.45) is 7.05 Å². The van der Waals surface area contributed by atoms with Crippen molar-refractivity contribution in [3.05, 3.63) is 17.5 Å². The Bertz CT molecular complexity index is 564. The van der Waals surface area contributed by atoms with Crippen molar-refractivity contribution >= 4 is 11.8 Å². The smallest absolute Gasteiger partial charge is 0.347 e. The SMILES string of the molecule is Cn1cc(CC(=O)NCC(=O)N2CCCO2)c(C(F)(F)F)n1. The Morgan fingerprint density at radius 3 is 2.77 bits per heavy atom. The van der Waals surface area contributed by atoms with E-state index in [-0.39, 0.29) is 12.1 Å². The number of nitrogens with zero attached hydrogens (tertiary/aromatic N) is 3. The minimum Gasteiger partial charge on any atom is -0.347 e. The van der Waals surface area contributed by atoms with Crippen LogP contribution in [-0.2, 0) is 34.1 Å². The lowest BCUT2D eigenvalue weighted by Crippen LogP contribution is -2.38. The van der Waals surface area contributed by atoms with Gasteiger partial charge < -0.3 is 5.32 Å². The average Bonchev–Trinajstić information content (AvgIpc) is 3.04. The van der Waals surface area contributed by atoms with Crippen LogP contribution < -0.4 is 5.32 Å². The number of amides is 2. The van der Waals surface area contributed by atoms with Gasteiger partial charge in [0.2, 0.25) is 5.91 Å². The molecule has 0 atom stereocenters. The summed E-state index contributed by atoms with van der Waals surface area (Å²) in [6.45, 7) is 0.556. The number of hydrogen-bond acceptors (Lipinski definition) is 4. The third-order valence-corrected chi connectivity index (χ3v) is 2.99. The van der Waals surface area contributed by atoms with Crippen LogP contribution in [0.15, 0.2) is 6.20 Å². The topological polar surface area (TPSA) is 76.5 Å². The maximum absolute atomic E-state index is 12.7. The molecule has 1 saturated heterocycles. The van der Waals surface area contributed by atoms with Crippen molar-refractivity contribution in [1.82, 2.24) is 20.2 Å². The normalized spacial score (nSPS) is 15.2. The lowest BCUT2D eigenvalue weighted by Gasteiger charge is -2.14. The highest BCUT2D eigenvalue weighted by atomic mass is 19.4. The summed E-state index contributed by atoms with van der Waals surface area (Å²) in [7, 11) is 1.34. The van der Waals surface area contributed by atoms with Crippen molar-refractivity contribution in [3.8, 4) is 0 Å². The fourth-order valence-electron chi connectivity index (χ4n) is 2.05. The van der Waals surface area contributed by atoms with Gasteiger partial charge in [0.1, 0.15) is 0 Å².